The highest BCUT2D eigenvalue weighted by Crippen LogP contribution is 2.06. The van der Waals surface area contributed by atoms with Gasteiger partial charge in [-0.1, -0.05) is 38.3 Å². The Morgan fingerprint density at radius 3 is 2.42 bits per heavy atom. The van der Waals surface area contributed by atoms with Crippen LogP contribution in [0.25, 0.3) is 0 Å². The zero-order valence-electron chi connectivity index (χ0n) is 8.36. The molecule has 0 aromatic heterocycles. The third kappa shape index (κ3) is 7.52. The minimum atomic E-state index is 0.346. The predicted molar refractivity (Wildman–Crippen MR) is 53.2 cm³/mol. The van der Waals surface area contributed by atoms with E-state index in [1.54, 1.807) is 0 Å². The van der Waals surface area contributed by atoms with Gasteiger partial charge in [-0.3, -0.25) is 4.79 Å². The molecule has 0 aliphatic rings. The number of carbonyl (C=O) groups is 1. The number of unbranched alkanes of at least 4 members (excludes halogenated alkanes) is 3. The van der Waals surface area contributed by atoms with Gasteiger partial charge in [0.1, 0.15) is 5.78 Å². The van der Waals surface area contributed by atoms with Crippen LogP contribution in [0.4, 0.5) is 0 Å². The molecular formula is C11H20O. The number of ketones is 1. The summed E-state index contributed by atoms with van der Waals surface area (Å²) in [5.41, 5.74) is 0.982. The molecule has 0 aliphatic heterocycles. The molecule has 0 heterocycles. The van der Waals surface area contributed by atoms with E-state index in [0.29, 0.717) is 12.2 Å². The van der Waals surface area contributed by atoms with Crippen molar-refractivity contribution in [3.8, 4) is 0 Å². The monoisotopic (exact) mass is 168 g/mol. The standard InChI is InChI=1S/C11H20O/c1-4-5-6-7-8-11(12)9-10(2)3/h2,4-9H2,1,3H3. The fourth-order valence-electron chi connectivity index (χ4n) is 1.17. The van der Waals surface area contributed by atoms with Crippen LogP contribution in [0.5, 0.6) is 0 Å². The third-order valence-corrected chi connectivity index (χ3v) is 1.81. The second-order valence-electron chi connectivity index (χ2n) is 3.48. The van der Waals surface area contributed by atoms with Crippen molar-refractivity contribution in [1.29, 1.82) is 0 Å². The average molecular weight is 168 g/mol. The molecule has 0 saturated heterocycles. The average Bonchev–Trinajstić information content (AvgIpc) is 1.97. The quantitative estimate of drug-likeness (QED) is 0.420. The molecule has 0 radical (unpaired) electrons. The van der Waals surface area contributed by atoms with Gasteiger partial charge in [-0.05, 0) is 13.3 Å². The summed E-state index contributed by atoms with van der Waals surface area (Å²) in [6.07, 6.45) is 6.05. The number of hydrogen-bond acceptors (Lipinski definition) is 1. The first-order valence-electron chi connectivity index (χ1n) is 4.83. The van der Waals surface area contributed by atoms with Gasteiger partial charge in [-0.2, -0.15) is 0 Å². The van der Waals surface area contributed by atoms with Gasteiger partial charge >= 0.3 is 0 Å². The number of rotatable bonds is 7. The van der Waals surface area contributed by atoms with Crippen LogP contribution in [0.3, 0.4) is 0 Å². The van der Waals surface area contributed by atoms with Gasteiger partial charge in [0.2, 0.25) is 0 Å². The lowest BCUT2D eigenvalue weighted by Crippen LogP contribution is -1.97. The van der Waals surface area contributed by atoms with Gasteiger partial charge in [0.25, 0.3) is 0 Å². The van der Waals surface area contributed by atoms with E-state index in [0.717, 1.165) is 18.4 Å². The van der Waals surface area contributed by atoms with Crippen molar-refractivity contribution in [2.24, 2.45) is 0 Å². The summed E-state index contributed by atoms with van der Waals surface area (Å²) < 4.78 is 0. The molecule has 70 valence electrons. The predicted octanol–water partition coefficient (Wildman–Crippen LogP) is 3.49. The topological polar surface area (TPSA) is 17.1 Å². The van der Waals surface area contributed by atoms with E-state index in [1.807, 2.05) is 6.92 Å². The molecule has 12 heavy (non-hydrogen) atoms. The lowest BCUT2D eigenvalue weighted by atomic mass is 10.1. The van der Waals surface area contributed by atoms with Gasteiger partial charge in [0.15, 0.2) is 0 Å². The summed E-state index contributed by atoms with van der Waals surface area (Å²) in [5, 5.41) is 0. The summed E-state index contributed by atoms with van der Waals surface area (Å²) in [6, 6.07) is 0. The highest BCUT2D eigenvalue weighted by molar-refractivity contribution is 5.80. The Morgan fingerprint density at radius 2 is 1.92 bits per heavy atom. The summed E-state index contributed by atoms with van der Waals surface area (Å²) in [6.45, 7) is 7.80. The molecule has 1 heteroatoms. The molecule has 0 unspecified atom stereocenters. The zero-order chi connectivity index (χ0) is 9.40. The van der Waals surface area contributed by atoms with Crippen LogP contribution >= 0.6 is 0 Å². The summed E-state index contributed by atoms with van der Waals surface area (Å²) in [4.78, 5) is 11.2. The molecule has 0 fully saturated rings. The first-order chi connectivity index (χ1) is 5.66. The van der Waals surface area contributed by atoms with E-state index in [4.69, 9.17) is 0 Å². The number of Topliss-reactive ketones (excluding diaryl/α,β-unsaturated/α-hetero) is 1. The smallest absolute Gasteiger partial charge is 0.136 e. The van der Waals surface area contributed by atoms with Gasteiger partial charge in [-0.25, -0.2) is 0 Å². The number of carbonyl (C=O) groups excluding carboxylic acids is 1. The molecule has 0 saturated carbocycles. The highest BCUT2D eigenvalue weighted by atomic mass is 16.1. The van der Waals surface area contributed by atoms with Crippen LogP contribution in [0, 0.1) is 0 Å². The maximum atomic E-state index is 11.2. The van der Waals surface area contributed by atoms with Gasteiger partial charge < -0.3 is 0 Å². The molecule has 0 bridgehead atoms. The second kappa shape index (κ2) is 7.08. The molecule has 0 spiro atoms. The number of hydrogen-bond donors (Lipinski definition) is 0. The van der Waals surface area contributed by atoms with Crippen LogP contribution < -0.4 is 0 Å². The number of allylic oxidation sites excluding steroid dienone is 1. The fraction of sp³-hybridized carbons (Fsp3) is 0.727. The maximum absolute atomic E-state index is 11.2. The van der Waals surface area contributed by atoms with Gasteiger partial charge in [0, 0.05) is 12.8 Å². The van der Waals surface area contributed by atoms with E-state index in [-0.39, 0.29) is 0 Å². The Kier molecular flexibility index (Phi) is 6.73. The Balaban J connectivity index is 3.26. The second-order valence-corrected chi connectivity index (χ2v) is 3.48. The molecule has 0 aromatic rings. The van der Waals surface area contributed by atoms with Crippen molar-refractivity contribution in [1.82, 2.24) is 0 Å². The molecule has 0 aliphatic carbocycles. The molecule has 0 N–H and O–H groups in total. The van der Waals surface area contributed by atoms with Gasteiger partial charge in [0.05, 0.1) is 0 Å². The Labute approximate surface area is 75.9 Å². The minimum absolute atomic E-state index is 0.346. The van der Waals surface area contributed by atoms with Crippen molar-refractivity contribution in [2.75, 3.05) is 0 Å². The highest BCUT2D eigenvalue weighted by Gasteiger charge is 2.00. The van der Waals surface area contributed by atoms with Crippen LogP contribution in [-0.2, 0) is 4.79 Å². The largest absolute Gasteiger partial charge is 0.299 e. The molecule has 0 aromatic carbocycles. The van der Waals surface area contributed by atoms with Crippen LogP contribution in [0.2, 0.25) is 0 Å². The normalized spacial score (nSPS) is 9.83. The SMILES string of the molecule is C=C(C)CC(=O)CCCCCC. The van der Waals surface area contributed by atoms with Crippen LogP contribution in [0.1, 0.15) is 52.4 Å². The fourth-order valence-corrected chi connectivity index (χ4v) is 1.17. The first kappa shape index (κ1) is 11.4. The lowest BCUT2D eigenvalue weighted by Gasteiger charge is -1.99. The van der Waals surface area contributed by atoms with Crippen LogP contribution in [0.15, 0.2) is 12.2 Å². The van der Waals surface area contributed by atoms with Crippen molar-refractivity contribution in [3.63, 3.8) is 0 Å². The van der Waals surface area contributed by atoms with E-state index < -0.39 is 0 Å². The van der Waals surface area contributed by atoms with Crippen molar-refractivity contribution >= 4 is 5.78 Å². The van der Waals surface area contributed by atoms with E-state index in [1.165, 1.54) is 19.3 Å². The summed E-state index contributed by atoms with van der Waals surface area (Å²) in [7, 11) is 0. The zero-order valence-corrected chi connectivity index (χ0v) is 8.36. The Morgan fingerprint density at radius 1 is 1.25 bits per heavy atom. The van der Waals surface area contributed by atoms with E-state index in [9.17, 15) is 4.79 Å². The Hall–Kier alpha value is -0.590. The molecule has 0 atom stereocenters. The molecule has 0 rings (SSSR count). The van der Waals surface area contributed by atoms with E-state index >= 15 is 0 Å². The van der Waals surface area contributed by atoms with Gasteiger partial charge in [-0.15, -0.1) is 0 Å². The minimum Gasteiger partial charge on any atom is -0.299 e. The maximum Gasteiger partial charge on any atom is 0.136 e. The molecule has 0 amide bonds. The van der Waals surface area contributed by atoms with E-state index in [2.05, 4.69) is 13.5 Å². The first-order valence-corrected chi connectivity index (χ1v) is 4.83. The van der Waals surface area contributed by atoms with Crippen molar-refractivity contribution in [3.05, 3.63) is 12.2 Å². The van der Waals surface area contributed by atoms with Crippen molar-refractivity contribution < 1.29 is 4.79 Å². The van der Waals surface area contributed by atoms with Crippen LogP contribution in [-0.4, -0.2) is 5.78 Å². The molecule has 1 nitrogen and oxygen atoms in total. The lowest BCUT2D eigenvalue weighted by molar-refractivity contribution is -0.118. The third-order valence-electron chi connectivity index (χ3n) is 1.81. The van der Waals surface area contributed by atoms with Crippen molar-refractivity contribution in [2.45, 2.75) is 52.4 Å². The summed E-state index contributed by atoms with van der Waals surface area (Å²) in [5.74, 6) is 0.346. The molecular weight excluding hydrogens is 148 g/mol. The Bertz CT molecular complexity index is 147. The summed E-state index contributed by atoms with van der Waals surface area (Å²) >= 11 is 0.